The van der Waals surface area contributed by atoms with Crippen LogP contribution in [0.3, 0.4) is 0 Å². The zero-order valence-corrected chi connectivity index (χ0v) is 17.9. The normalized spacial score (nSPS) is 16.6. The first-order valence-corrected chi connectivity index (χ1v) is 11.0. The van der Waals surface area contributed by atoms with Gasteiger partial charge in [-0.3, -0.25) is 0 Å². The summed E-state index contributed by atoms with van der Waals surface area (Å²) in [6, 6.07) is 13.1. The molecule has 0 unspecified atom stereocenters. The van der Waals surface area contributed by atoms with Crippen molar-refractivity contribution in [3.05, 3.63) is 58.6 Å². The zero-order valence-electron chi connectivity index (χ0n) is 16.4. The average molecular weight is 407 g/mol. The molecule has 27 heavy (non-hydrogen) atoms. The maximum atomic E-state index is 13.0. The Labute approximate surface area is 167 Å². The van der Waals surface area contributed by atoms with Crippen LogP contribution in [0.5, 0.6) is 0 Å². The van der Waals surface area contributed by atoms with Gasteiger partial charge in [-0.15, -0.1) is 0 Å². The minimum atomic E-state index is -3.47. The Morgan fingerprint density at radius 2 is 1.52 bits per heavy atom. The smallest absolute Gasteiger partial charge is 0.243 e. The summed E-state index contributed by atoms with van der Waals surface area (Å²) in [6.07, 6.45) is 0. The number of piperazine rings is 1. The van der Waals surface area contributed by atoms with E-state index in [2.05, 4.69) is 25.7 Å². The second kappa shape index (κ2) is 7.46. The van der Waals surface area contributed by atoms with E-state index in [1.807, 2.05) is 37.3 Å². The summed E-state index contributed by atoms with van der Waals surface area (Å²) < 4.78 is 27.6. The lowest BCUT2D eigenvalue weighted by molar-refractivity contribution is 0.384. The number of rotatable bonds is 3. The molecule has 0 radical (unpaired) electrons. The molecule has 0 saturated carbocycles. The minimum absolute atomic E-state index is 0.00271. The second-order valence-corrected chi connectivity index (χ2v) is 10.5. The van der Waals surface area contributed by atoms with Crippen LogP contribution in [0.1, 0.15) is 31.9 Å². The van der Waals surface area contributed by atoms with Crippen molar-refractivity contribution in [2.45, 2.75) is 38.0 Å². The highest BCUT2D eigenvalue weighted by molar-refractivity contribution is 7.89. The molecule has 3 rings (SSSR count). The van der Waals surface area contributed by atoms with Crippen LogP contribution in [-0.2, 0) is 15.4 Å². The van der Waals surface area contributed by atoms with E-state index in [1.54, 1.807) is 16.4 Å². The van der Waals surface area contributed by atoms with E-state index in [1.165, 1.54) is 0 Å². The van der Waals surface area contributed by atoms with Gasteiger partial charge in [-0.2, -0.15) is 4.31 Å². The van der Waals surface area contributed by atoms with Gasteiger partial charge in [-0.05, 0) is 47.7 Å². The predicted molar refractivity (Wildman–Crippen MR) is 112 cm³/mol. The van der Waals surface area contributed by atoms with Crippen LogP contribution in [-0.4, -0.2) is 38.9 Å². The lowest BCUT2D eigenvalue weighted by Gasteiger charge is -2.36. The summed E-state index contributed by atoms with van der Waals surface area (Å²) in [5, 5.41) is 0.699. The third-order valence-electron chi connectivity index (χ3n) is 5.11. The largest absolute Gasteiger partial charge is 0.369 e. The molecule has 2 aromatic carbocycles. The molecule has 4 nitrogen and oxygen atoms in total. The molecular weight excluding hydrogens is 380 g/mol. The average Bonchev–Trinajstić information content (AvgIpc) is 2.63. The summed E-state index contributed by atoms with van der Waals surface area (Å²) >= 11 is 6.13. The number of aryl methyl sites for hydroxylation is 1. The molecule has 0 spiro atoms. The standard InChI is InChI=1S/C21H27ClN2O2S/c1-16-5-8-18(22)15-20(16)23-11-13-24(14-12-23)27(25,26)19-9-6-17(7-10-19)21(2,3)4/h5-10,15H,11-14H2,1-4H3. The van der Waals surface area contributed by atoms with Crippen LogP contribution < -0.4 is 4.90 Å². The zero-order chi connectivity index (χ0) is 19.8. The fourth-order valence-electron chi connectivity index (χ4n) is 3.37. The molecule has 146 valence electrons. The van der Waals surface area contributed by atoms with Gasteiger partial charge in [0, 0.05) is 36.9 Å². The van der Waals surface area contributed by atoms with Gasteiger partial charge in [0.15, 0.2) is 0 Å². The van der Waals surface area contributed by atoms with Gasteiger partial charge in [0.1, 0.15) is 0 Å². The summed E-state index contributed by atoms with van der Waals surface area (Å²) in [5.41, 5.74) is 3.35. The van der Waals surface area contributed by atoms with Crippen molar-refractivity contribution in [3.8, 4) is 0 Å². The molecule has 1 heterocycles. The summed E-state index contributed by atoms with van der Waals surface area (Å²) in [4.78, 5) is 2.57. The van der Waals surface area contributed by atoms with Crippen molar-refractivity contribution in [1.29, 1.82) is 0 Å². The van der Waals surface area contributed by atoms with Crippen LogP contribution in [0.4, 0.5) is 5.69 Å². The van der Waals surface area contributed by atoms with Crippen molar-refractivity contribution in [1.82, 2.24) is 4.31 Å². The van der Waals surface area contributed by atoms with Crippen LogP contribution >= 0.6 is 11.6 Å². The van der Waals surface area contributed by atoms with E-state index in [4.69, 9.17) is 11.6 Å². The molecule has 1 aliphatic rings. The Kier molecular flexibility index (Phi) is 5.57. The third-order valence-corrected chi connectivity index (χ3v) is 7.26. The van der Waals surface area contributed by atoms with Crippen LogP contribution in [0, 0.1) is 6.92 Å². The molecule has 0 atom stereocenters. The lowest BCUT2D eigenvalue weighted by Crippen LogP contribution is -2.48. The summed E-state index contributed by atoms with van der Waals surface area (Å²) in [6.45, 7) is 10.6. The van der Waals surface area contributed by atoms with E-state index in [0.29, 0.717) is 36.1 Å². The number of halogens is 1. The molecule has 0 amide bonds. The first-order chi connectivity index (χ1) is 12.6. The van der Waals surface area contributed by atoms with E-state index < -0.39 is 10.0 Å². The topological polar surface area (TPSA) is 40.6 Å². The first-order valence-electron chi connectivity index (χ1n) is 9.21. The molecule has 0 N–H and O–H groups in total. The van der Waals surface area contributed by atoms with Gasteiger partial charge in [0.25, 0.3) is 0 Å². The Morgan fingerprint density at radius 3 is 2.07 bits per heavy atom. The van der Waals surface area contributed by atoms with Gasteiger partial charge >= 0.3 is 0 Å². The highest BCUT2D eigenvalue weighted by Crippen LogP contribution is 2.28. The molecule has 0 aliphatic carbocycles. The van der Waals surface area contributed by atoms with Gasteiger partial charge in [-0.25, -0.2) is 8.42 Å². The Balaban J connectivity index is 1.74. The molecule has 6 heteroatoms. The third kappa shape index (κ3) is 4.31. The van der Waals surface area contributed by atoms with Gasteiger partial charge < -0.3 is 4.90 Å². The van der Waals surface area contributed by atoms with Crippen molar-refractivity contribution >= 4 is 27.3 Å². The number of benzene rings is 2. The fraction of sp³-hybridized carbons (Fsp3) is 0.429. The number of nitrogens with zero attached hydrogens (tertiary/aromatic N) is 2. The quantitative estimate of drug-likeness (QED) is 0.755. The monoisotopic (exact) mass is 406 g/mol. The lowest BCUT2D eigenvalue weighted by atomic mass is 9.87. The van der Waals surface area contributed by atoms with E-state index >= 15 is 0 Å². The summed E-state index contributed by atoms with van der Waals surface area (Å²) in [5.74, 6) is 0. The molecule has 1 aliphatic heterocycles. The van der Waals surface area contributed by atoms with Crippen molar-refractivity contribution in [2.75, 3.05) is 31.1 Å². The Morgan fingerprint density at radius 1 is 0.926 bits per heavy atom. The number of hydrogen-bond donors (Lipinski definition) is 0. The van der Waals surface area contributed by atoms with Gasteiger partial charge in [-0.1, -0.05) is 50.6 Å². The molecular formula is C21H27ClN2O2S. The second-order valence-electron chi connectivity index (χ2n) is 8.10. The van der Waals surface area contributed by atoms with E-state index in [-0.39, 0.29) is 5.41 Å². The number of hydrogen-bond acceptors (Lipinski definition) is 3. The van der Waals surface area contributed by atoms with Crippen LogP contribution in [0.2, 0.25) is 5.02 Å². The van der Waals surface area contributed by atoms with Crippen molar-refractivity contribution in [3.63, 3.8) is 0 Å². The highest BCUT2D eigenvalue weighted by atomic mass is 35.5. The minimum Gasteiger partial charge on any atom is -0.369 e. The molecule has 0 aromatic heterocycles. The predicted octanol–water partition coefficient (Wildman–Crippen LogP) is 4.46. The maximum Gasteiger partial charge on any atom is 0.243 e. The van der Waals surface area contributed by atoms with Crippen molar-refractivity contribution < 1.29 is 8.42 Å². The van der Waals surface area contributed by atoms with Crippen molar-refractivity contribution in [2.24, 2.45) is 0 Å². The van der Waals surface area contributed by atoms with E-state index in [9.17, 15) is 8.42 Å². The maximum absolute atomic E-state index is 13.0. The van der Waals surface area contributed by atoms with Crippen LogP contribution in [0.25, 0.3) is 0 Å². The first kappa shape index (κ1) is 20.2. The highest BCUT2D eigenvalue weighted by Gasteiger charge is 2.29. The van der Waals surface area contributed by atoms with Crippen LogP contribution in [0.15, 0.2) is 47.4 Å². The van der Waals surface area contributed by atoms with E-state index in [0.717, 1.165) is 16.8 Å². The van der Waals surface area contributed by atoms with Gasteiger partial charge in [0.05, 0.1) is 4.90 Å². The molecule has 1 fully saturated rings. The Hall–Kier alpha value is -1.56. The molecule has 1 saturated heterocycles. The SMILES string of the molecule is Cc1ccc(Cl)cc1N1CCN(S(=O)(=O)c2ccc(C(C)(C)C)cc2)CC1. The Bertz CT molecular complexity index is 910. The molecule has 0 bridgehead atoms. The molecule has 2 aromatic rings. The number of anilines is 1. The fourth-order valence-corrected chi connectivity index (χ4v) is 4.96. The summed E-state index contributed by atoms with van der Waals surface area (Å²) in [7, 11) is -3.47. The number of sulfonamides is 1. The van der Waals surface area contributed by atoms with Gasteiger partial charge in [0.2, 0.25) is 10.0 Å².